The Morgan fingerprint density at radius 2 is 1.00 bits per heavy atom. The average molecular weight is 810 g/mol. The quantitative estimate of drug-likeness (QED) is 0.108. The van der Waals surface area contributed by atoms with Crippen LogP contribution in [-0.4, -0.2) is 10.8 Å². The third kappa shape index (κ3) is 7.21. The van der Waals surface area contributed by atoms with E-state index in [1.54, 1.807) is 0 Å². The Labute approximate surface area is 313 Å². The van der Waals surface area contributed by atoms with Gasteiger partial charge in [0.25, 0.3) is 0 Å². The predicted molar refractivity (Wildman–Crippen MR) is 207 cm³/mol. The monoisotopic (exact) mass is 811 g/mol. The van der Waals surface area contributed by atoms with Gasteiger partial charge in [-0.05, 0) is 44.1 Å². The van der Waals surface area contributed by atoms with E-state index in [9.17, 15) is 5.11 Å². The molecule has 0 amide bonds. The standard InChI is InChI=1S/C33H23NO.2C7H7.Hf/c35-33(21-22-10-2-1-3-11-22)29-19-9-14-23-13-8-18-28(31(23)29)32(33)34-30-20-24-12-4-5-15-25(24)26-16-6-7-17-27(26)30;2*1-7-5-3-2-4-6-7;/h1-20,35H,21H2;2*2-6H,1H2;/q;2*-1;. The van der Waals surface area contributed by atoms with Crippen molar-refractivity contribution in [1.82, 2.24) is 0 Å². The van der Waals surface area contributed by atoms with Gasteiger partial charge in [0.15, 0.2) is 0 Å². The van der Waals surface area contributed by atoms with Crippen molar-refractivity contribution in [1.29, 1.82) is 0 Å². The Morgan fingerprint density at radius 3 is 1.60 bits per heavy atom. The summed E-state index contributed by atoms with van der Waals surface area (Å²) in [5.74, 6) is 0. The summed E-state index contributed by atoms with van der Waals surface area (Å²) in [5.41, 5.74) is 5.53. The maximum absolute atomic E-state index is 12.5. The van der Waals surface area contributed by atoms with E-state index in [-0.39, 0.29) is 25.8 Å². The van der Waals surface area contributed by atoms with Gasteiger partial charge >= 0.3 is 0 Å². The molecule has 1 aliphatic rings. The number of fused-ring (bicyclic) bond motifs is 3. The summed E-state index contributed by atoms with van der Waals surface area (Å²) < 4.78 is 0. The summed E-state index contributed by atoms with van der Waals surface area (Å²) in [4.78, 5) is 5.29. The SMILES string of the molecule is OC1(Cc2ccccc2)C(=Nc2cc3ccccc3c3ccccc23)c2cccc3cccc1c23.[CH2-]c1ccccc1.[CH2-]c1ccccc1.[Hf]. The number of benzene rings is 8. The first-order chi connectivity index (χ1) is 24.0. The maximum atomic E-state index is 12.5. The van der Waals surface area contributed by atoms with Crippen molar-refractivity contribution in [2.75, 3.05) is 0 Å². The minimum absolute atomic E-state index is 0. The fourth-order valence-electron chi connectivity index (χ4n) is 6.66. The zero-order chi connectivity index (χ0) is 33.6. The van der Waals surface area contributed by atoms with Crippen molar-refractivity contribution >= 4 is 43.7 Å². The molecular weight excluding hydrogens is 773 g/mol. The number of rotatable bonds is 3. The molecule has 0 bridgehead atoms. The van der Waals surface area contributed by atoms with Crippen molar-refractivity contribution in [2.45, 2.75) is 12.0 Å². The van der Waals surface area contributed by atoms with Gasteiger partial charge in [-0.2, -0.15) is 49.2 Å². The molecule has 8 aromatic carbocycles. The summed E-state index contributed by atoms with van der Waals surface area (Å²) in [6.45, 7) is 7.44. The van der Waals surface area contributed by atoms with Crippen LogP contribution in [0.25, 0.3) is 32.3 Å². The fraction of sp³-hybridized carbons (Fsp3) is 0.0426. The van der Waals surface area contributed by atoms with Gasteiger partial charge in [0.2, 0.25) is 0 Å². The topological polar surface area (TPSA) is 32.6 Å². The number of nitrogens with zero attached hydrogens (tertiary/aromatic N) is 1. The van der Waals surface area contributed by atoms with E-state index in [0.29, 0.717) is 12.1 Å². The van der Waals surface area contributed by atoms with Crippen molar-refractivity contribution < 1.29 is 30.9 Å². The molecule has 8 aromatic rings. The van der Waals surface area contributed by atoms with Crippen LogP contribution in [0.15, 0.2) is 187 Å². The van der Waals surface area contributed by atoms with E-state index in [2.05, 4.69) is 111 Å². The third-order valence-electron chi connectivity index (χ3n) is 8.96. The second-order valence-corrected chi connectivity index (χ2v) is 12.3. The number of aliphatic hydroxyl groups is 1. The van der Waals surface area contributed by atoms with Crippen molar-refractivity contribution in [2.24, 2.45) is 4.99 Å². The maximum Gasteiger partial charge on any atom is 0.137 e. The molecule has 1 aliphatic carbocycles. The molecule has 1 N–H and O–H groups in total. The first kappa shape index (κ1) is 34.6. The molecule has 0 saturated carbocycles. The van der Waals surface area contributed by atoms with E-state index in [0.717, 1.165) is 55.0 Å². The molecule has 1 atom stereocenters. The molecule has 242 valence electrons. The van der Waals surface area contributed by atoms with Gasteiger partial charge in [0.1, 0.15) is 5.60 Å². The van der Waals surface area contributed by atoms with Gasteiger partial charge in [0.05, 0.1) is 11.4 Å². The van der Waals surface area contributed by atoms with Crippen LogP contribution in [0, 0.1) is 13.8 Å². The molecule has 0 radical (unpaired) electrons. The van der Waals surface area contributed by atoms with Gasteiger partial charge in [-0.1, -0.05) is 127 Å². The molecule has 2 nitrogen and oxygen atoms in total. The van der Waals surface area contributed by atoms with Crippen LogP contribution >= 0.6 is 0 Å². The fourth-order valence-corrected chi connectivity index (χ4v) is 6.66. The Balaban J connectivity index is 0.000000240. The van der Waals surface area contributed by atoms with E-state index < -0.39 is 5.60 Å². The van der Waals surface area contributed by atoms with Gasteiger partial charge in [-0.15, -0.1) is 24.3 Å². The van der Waals surface area contributed by atoms with Crippen LogP contribution in [0.3, 0.4) is 0 Å². The molecule has 3 heteroatoms. The summed E-state index contributed by atoms with van der Waals surface area (Å²) >= 11 is 0. The molecule has 0 aliphatic heterocycles. The third-order valence-corrected chi connectivity index (χ3v) is 8.96. The molecule has 0 aromatic heterocycles. The van der Waals surface area contributed by atoms with Crippen molar-refractivity contribution in [3.8, 4) is 0 Å². The van der Waals surface area contributed by atoms with E-state index in [1.165, 1.54) is 10.8 Å². The first-order valence-electron chi connectivity index (χ1n) is 16.5. The molecular formula is C47H37HfNO-2. The minimum Gasteiger partial charge on any atom is -0.378 e. The van der Waals surface area contributed by atoms with Crippen LogP contribution in [0.2, 0.25) is 0 Å². The molecule has 0 spiro atoms. The smallest absolute Gasteiger partial charge is 0.137 e. The minimum atomic E-state index is -1.22. The average Bonchev–Trinajstić information content (AvgIpc) is 3.37. The molecule has 50 heavy (non-hydrogen) atoms. The van der Waals surface area contributed by atoms with Gasteiger partial charge in [-0.25, -0.2) is 4.99 Å². The molecule has 9 rings (SSSR count). The predicted octanol–water partition coefficient (Wildman–Crippen LogP) is 11.4. The van der Waals surface area contributed by atoms with Crippen molar-refractivity contribution in [3.05, 3.63) is 224 Å². The summed E-state index contributed by atoms with van der Waals surface area (Å²) in [6.07, 6.45) is 0.464. The van der Waals surface area contributed by atoms with Gasteiger partial charge in [-0.3, -0.25) is 0 Å². The first-order valence-corrected chi connectivity index (χ1v) is 16.5. The van der Waals surface area contributed by atoms with E-state index in [1.807, 2.05) is 84.9 Å². The molecule has 0 saturated heterocycles. The Morgan fingerprint density at radius 1 is 0.500 bits per heavy atom. The largest absolute Gasteiger partial charge is 0.378 e. The van der Waals surface area contributed by atoms with E-state index in [4.69, 9.17) is 4.99 Å². The molecule has 1 unspecified atom stereocenters. The Hall–Kier alpha value is -5.22. The van der Waals surface area contributed by atoms with Crippen LogP contribution in [0.1, 0.15) is 27.8 Å². The van der Waals surface area contributed by atoms with Crippen LogP contribution in [0.5, 0.6) is 0 Å². The van der Waals surface area contributed by atoms with Gasteiger partial charge < -0.3 is 5.11 Å². The Kier molecular flexibility index (Phi) is 10.8. The zero-order valence-corrected chi connectivity index (χ0v) is 31.4. The summed E-state index contributed by atoms with van der Waals surface area (Å²) in [5, 5.41) is 19.3. The molecule has 0 heterocycles. The summed E-state index contributed by atoms with van der Waals surface area (Å²) in [6, 6.07) is 61.4. The number of aliphatic imine (C=N–C) groups is 1. The second-order valence-electron chi connectivity index (χ2n) is 12.3. The van der Waals surface area contributed by atoms with Crippen LogP contribution in [0.4, 0.5) is 5.69 Å². The molecule has 0 fully saturated rings. The number of hydrogen-bond acceptors (Lipinski definition) is 2. The van der Waals surface area contributed by atoms with E-state index >= 15 is 0 Å². The second kappa shape index (κ2) is 15.6. The Bertz CT molecular complexity index is 2340. The summed E-state index contributed by atoms with van der Waals surface area (Å²) in [7, 11) is 0. The van der Waals surface area contributed by atoms with Gasteiger partial charge in [0, 0.05) is 43.2 Å². The van der Waals surface area contributed by atoms with Crippen LogP contribution in [-0.2, 0) is 37.9 Å². The number of hydrogen-bond donors (Lipinski definition) is 1. The van der Waals surface area contributed by atoms with Crippen molar-refractivity contribution in [3.63, 3.8) is 0 Å². The van der Waals surface area contributed by atoms with Crippen LogP contribution < -0.4 is 0 Å². The zero-order valence-electron chi connectivity index (χ0n) is 27.8. The normalized spacial score (nSPS) is 15.1.